The smallest absolute Gasteiger partial charge is 0.183 e. The van der Waals surface area contributed by atoms with Crippen LogP contribution in [0.3, 0.4) is 0 Å². The highest BCUT2D eigenvalue weighted by atomic mass is 32.2. The van der Waals surface area contributed by atoms with Crippen LogP contribution in [0.5, 0.6) is 0 Å². The van der Waals surface area contributed by atoms with Gasteiger partial charge in [-0.05, 0) is 43.9 Å². The zero-order valence-electron chi connectivity index (χ0n) is 12.1. The Morgan fingerprint density at radius 1 is 1.55 bits per heavy atom. The van der Waals surface area contributed by atoms with E-state index in [1.807, 2.05) is 37.6 Å². The third-order valence-corrected chi connectivity index (χ3v) is 3.46. The van der Waals surface area contributed by atoms with Crippen molar-refractivity contribution in [2.75, 3.05) is 30.9 Å². The number of hydrogen-bond acceptors (Lipinski definition) is 5. The number of amidine groups is 1. The first-order valence-electron chi connectivity index (χ1n) is 6.40. The van der Waals surface area contributed by atoms with Crippen molar-refractivity contribution in [3.63, 3.8) is 0 Å². The molecule has 20 heavy (non-hydrogen) atoms. The molecule has 1 rings (SSSR count). The van der Waals surface area contributed by atoms with E-state index in [0.717, 1.165) is 23.5 Å². The van der Waals surface area contributed by atoms with Crippen LogP contribution < -0.4 is 10.2 Å². The van der Waals surface area contributed by atoms with Crippen LogP contribution in [0.1, 0.15) is 12.5 Å². The predicted octanol–water partition coefficient (Wildman–Crippen LogP) is 2.23. The fourth-order valence-electron chi connectivity index (χ4n) is 1.83. The van der Waals surface area contributed by atoms with Crippen LogP contribution >= 0.6 is 11.8 Å². The average molecular weight is 292 g/mol. The van der Waals surface area contributed by atoms with Crippen LogP contribution in [-0.4, -0.2) is 36.2 Å². The third kappa shape index (κ3) is 4.44. The molecule has 0 aliphatic heterocycles. The Morgan fingerprint density at radius 3 is 2.80 bits per heavy atom. The quantitative estimate of drug-likeness (QED) is 0.377. The minimum atomic E-state index is 0.134. The van der Waals surface area contributed by atoms with E-state index in [4.69, 9.17) is 10.4 Å². The van der Waals surface area contributed by atoms with Gasteiger partial charge in [0, 0.05) is 18.8 Å². The van der Waals surface area contributed by atoms with Gasteiger partial charge in [0.2, 0.25) is 0 Å². The van der Waals surface area contributed by atoms with Crippen molar-refractivity contribution in [1.82, 2.24) is 5.32 Å². The highest BCUT2D eigenvalue weighted by Gasteiger charge is 2.06. The fraction of sp³-hybridized carbons (Fsp3) is 0.429. The molecule has 2 N–H and O–H groups in total. The molecule has 0 unspecified atom stereocenters. The molecule has 1 aromatic carbocycles. The van der Waals surface area contributed by atoms with Crippen LogP contribution in [0.2, 0.25) is 0 Å². The lowest BCUT2D eigenvalue weighted by Crippen LogP contribution is -2.26. The van der Waals surface area contributed by atoms with E-state index in [1.165, 1.54) is 11.8 Å². The third-order valence-electron chi connectivity index (χ3n) is 2.88. The Morgan fingerprint density at radius 2 is 2.30 bits per heavy atom. The summed E-state index contributed by atoms with van der Waals surface area (Å²) in [5.74, 6) is 0. The van der Waals surface area contributed by atoms with Gasteiger partial charge in [0.25, 0.3) is 0 Å². The number of nitrogens with zero attached hydrogens (tertiary/aromatic N) is 3. The second-order valence-electron chi connectivity index (χ2n) is 4.13. The average Bonchev–Trinajstić information content (AvgIpc) is 2.46. The number of nitrogens with one attached hydrogen (secondary N) is 1. The lowest BCUT2D eigenvalue weighted by molar-refractivity contribution is 0.302. The molecule has 0 radical (unpaired) electrons. The molecule has 108 valence electrons. The number of hydrogen-bond donors (Lipinski definition) is 2. The molecule has 0 fully saturated rings. The van der Waals surface area contributed by atoms with Crippen molar-refractivity contribution in [2.45, 2.75) is 13.8 Å². The number of aryl methyl sites for hydroxylation is 1. The number of likely N-dealkylation sites (N-methyl/N-ethyl adjacent to an activating group) is 1. The van der Waals surface area contributed by atoms with Gasteiger partial charge in [0.15, 0.2) is 11.4 Å². The molecule has 0 atom stereocenters. The Bertz CT molecular complexity index is 510. The van der Waals surface area contributed by atoms with Gasteiger partial charge < -0.3 is 10.0 Å². The number of nitriles is 1. The Kier molecular flexibility index (Phi) is 6.91. The van der Waals surface area contributed by atoms with Crippen molar-refractivity contribution in [1.29, 1.82) is 5.26 Å². The normalized spacial score (nSPS) is 11.1. The molecular formula is C14H20N4OS. The minimum Gasteiger partial charge on any atom is -0.395 e. The van der Waals surface area contributed by atoms with Gasteiger partial charge in [-0.1, -0.05) is 11.8 Å². The van der Waals surface area contributed by atoms with Crippen LogP contribution in [-0.2, 0) is 0 Å². The number of thioether (sulfide) groups is 1. The number of rotatable bonds is 5. The fourth-order valence-corrected chi connectivity index (χ4v) is 2.17. The number of aliphatic hydroxyl groups excluding tert-OH is 1. The Balaban J connectivity index is 3.01. The summed E-state index contributed by atoms with van der Waals surface area (Å²) in [5.41, 5.74) is 2.93. The summed E-state index contributed by atoms with van der Waals surface area (Å²) in [6.07, 6.45) is 3.74. The molecule has 0 amide bonds. The molecule has 0 saturated heterocycles. The molecule has 5 nitrogen and oxygen atoms in total. The summed E-state index contributed by atoms with van der Waals surface area (Å²) in [6, 6.07) is 5.96. The molecule has 0 bridgehead atoms. The molecule has 0 aliphatic rings. The Hall–Kier alpha value is -1.71. The molecule has 0 aromatic heterocycles. The standard InChI is InChI=1S/C14H20N4OS/c1-4-18(7-8-19)12-5-6-13(11(2)9-12)17-14(20-3)16-10-15/h5-6,9,19H,4,7-8H2,1-3H3,(H,16,17). The maximum atomic E-state index is 9.06. The van der Waals surface area contributed by atoms with Crippen LogP contribution in [0, 0.1) is 18.4 Å². The number of anilines is 1. The number of aliphatic hydroxyl groups is 1. The van der Waals surface area contributed by atoms with Crippen molar-refractivity contribution >= 4 is 28.3 Å². The summed E-state index contributed by atoms with van der Waals surface area (Å²) in [4.78, 5) is 6.52. The zero-order valence-corrected chi connectivity index (χ0v) is 12.9. The van der Waals surface area contributed by atoms with Crippen molar-refractivity contribution in [3.05, 3.63) is 23.8 Å². The van der Waals surface area contributed by atoms with E-state index in [2.05, 4.69) is 22.1 Å². The monoisotopic (exact) mass is 292 g/mol. The lowest BCUT2D eigenvalue weighted by Gasteiger charge is -2.22. The van der Waals surface area contributed by atoms with E-state index in [9.17, 15) is 0 Å². The summed E-state index contributed by atoms with van der Waals surface area (Å²) < 4.78 is 0. The number of aliphatic imine (C=N–C) groups is 1. The maximum Gasteiger partial charge on any atom is 0.183 e. The number of benzene rings is 1. The second-order valence-corrected chi connectivity index (χ2v) is 4.93. The van der Waals surface area contributed by atoms with Gasteiger partial charge in [-0.3, -0.25) is 5.32 Å². The molecule has 6 heteroatoms. The van der Waals surface area contributed by atoms with E-state index >= 15 is 0 Å². The summed E-state index contributed by atoms with van der Waals surface area (Å²) in [5, 5.41) is 20.8. The second kappa shape index (κ2) is 8.46. The van der Waals surface area contributed by atoms with Crippen LogP contribution in [0.4, 0.5) is 11.4 Å². The molecule has 0 saturated carbocycles. The van der Waals surface area contributed by atoms with Gasteiger partial charge in [0.05, 0.1) is 12.3 Å². The molecule has 0 spiro atoms. The highest BCUT2D eigenvalue weighted by Crippen LogP contribution is 2.25. The van der Waals surface area contributed by atoms with E-state index in [0.29, 0.717) is 11.7 Å². The molecule has 0 heterocycles. The first kappa shape index (κ1) is 16.3. The van der Waals surface area contributed by atoms with Gasteiger partial charge in [-0.15, -0.1) is 0 Å². The maximum absolute atomic E-state index is 9.06. The molecular weight excluding hydrogens is 272 g/mol. The largest absolute Gasteiger partial charge is 0.395 e. The van der Waals surface area contributed by atoms with Gasteiger partial charge in [-0.2, -0.15) is 5.26 Å². The highest BCUT2D eigenvalue weighted by molar-refractivity contribution is 8.13. The predicted molar refractivity (Wildman–Crippen MR) is 85.5 cm³/mol. The van der Waals surface area contributed by atoms with E-state index < -0.39 is 0 Å². The zero-order chi connectivity index (χ0) is 15.0. The van der Waals surface area contributed by atoms with Crippen LogP contribution in [0.25, 0.3) is 0 Å². The first-order valence-corrected chi connectivity index (χ1v) is 7.63. The van der Waals surface area contributed by atoms with E-state index in [-0.39, 0.29) is 6.61 Å². The molecule has 0 aliphatic carbocycles. The van der Waals surface area contributed by atoms with Gasteiger partial charge in [0.1, 0.15) is 0 Å². The van der Waals surface area contributed by atoms with E-state index in [1.54, 1.807) is 0 Å². The van der Waals surface area contributed by atoms with Crippen LogP contribution in [0.15, 0.2) is 23.2 Å². The SMILES string of the molecule is CCN(CCO)c1ccc(N=C(NC#N)SC)c(C)c1. The van der Waals surface area contributed by atoms with Gasteiger partial charge in [-0.25, -0.2) is 4.99 Å². The topological polar surface area (TPSA) is 71.7 Å². The van der Waals surface area contributed by atoms with Gasteiger partial charge >= 0.3 is 0 Å². The minimum absolute atomic E-state index is 0.134. The first-order chi connectivity index (χ1) is 9.65. The summed E-state index contributed by atoms with van der Waals surface area (Å²) in [6.45, 7) is 5.63. The summed E-state index contributed by atoms with van der Waals surface area (Å²) >= 11 is 1.39. The van der Waals surface area contributed by atoms with Crippen molar-refractivity contribution in [2.24, 2.45) is 4.99 Å². The van der Waals surface area contributed by atoms with Crippen molar-refractivity contribution in [3.8, 4) is 6.19 Å². The Labute approximate surface area is 124 Å². The summed E-state index contributed by atoms with van der Waals surface area (Å²) in [7, 11) is 0. The van der Waals surface area contributed by atoms with Crippen molar-refractivity contribution < 1.29 is 5.11 Å². The molecule has 1 aromatic rings. The lowest BCUT2D eigenvalue weighted by atomic mass is 10.1.